The average molecular weight is 384 g/mol. The van der Waals surface area contributed by atoms with Gasteiger partial charge in [0.1, 0.15) is 0 Å². The molecule has 0 saturated heterocycles. The number of rotatable bonds is 12. The Hall–Kier alpha value is -0.353. The van der Waals surface area contributed by atoms with Gasteiger partial charge >= 0.3 is 0 Å². The fraction of sp³-hybridized carbons (Fsp3) is 0.955. The van der Waals surface area contributed by atoms with Crippen molar-refractivity contribution in [2.45, 2.75) is 128 Å². The van der Waals surface area contributed by atoms with Crippen LogP contribution in [-0.2, 0) is 9.22 Å². The van der Waals surface area contributed by atoms with Crippen LogP contribution in [0.4, 0.5) is 0 Å². The Kier molecular flexibility index (Phi) is 11.1. The molecule has 0 heterocycles. The highest BCUT2D eigenvalue weighted by atomic mass is 28.4. The molecular weight excluding hydrogens is 338 g/mol. The maximum absolute atomic E-state index is 11.9. The molecular formula is C22H45NO2Si. The minimum Gasteiger partial charge on any atom is -0.417 e. The van der Waals surface area contributed by atoms with Crippen molar-refractivity contribution in [3.8, 4) is 0 Å². The number of carbonyl (C=O) groups is 1. The van der Waals surface area contributed by atoms with Crippen LogP contribution in [0.25, 0.3) is 0 Å². The van der Waals surface area contributed by atoms with E-state index in [1.165, 1.54) is 70.6 Å². The lowest BCUT2D eigenvalue weighted by Crippen LogP contribution is -2.40. The van der Waals surface area contributed by atoms with Crippen molar-refractivity contribution in [1.29, 1.82) is 0 Å². The van der Waals surface area contributed by atoms with Gasteiger partial charge in [0.05, 0.1) is 0 Å². The second-order valence-electron chi connectivity index (χ2n) is 9.74. The van der Waals surface area contributed by atoms with Gasteiger partial charge in [0.2, 0.25) is 5.91 Å². The summed E-state index contributed by atoms with van der Waals surface area (Å²) in [4.78, 5) is 11.9. The highest BCUT2D eigenvalue weighted by Crippen LogP contribution is 2.36. The Balaban J connectivity index is 1.89. The third-order valence-electron chi connectivity index (χ3n) is 6.29. The van der Waals surface area contributed by atoms with Crippen molar-refractivity contribution in [3.05, 3.63) is 0 Å². The summed E-state index contributed by atoms with van der Waals surface area (Å²) in [5, 5.41) is 3.53. The predicted octanol–water partition coefficient (Wildman–Crippen LogP) is 6.58. The van der Waals surface area contributed by atoms with Crippen LogP contribution in [0.2, 0.25) is 18.1 Å². The zero-order valence-corrected chi connectivity index (χ0v) is 19.3. The van der Waals surface area contributed by atoms with Gasteiger partial charge in [0.15, 0.2) is 8.32 Å². The van der Waals surface area contributed by atoms with E-state index in [1.807, 2.05) is 0 Å². The Morgan fingerprint density at radius 2 is 1.46 bits per heavy atom. The van der Waals surface area contributed by atoms with Crippen molar-refractivity contribution >= 4 is 14.2 Å². The fourth-order valence-corrected chi connectivity index (χ4v) is 4.45. The van der Waals surface area contributed by atoms with E-state index in [2.05, 4.69) is 39.2 Å². The molecule has 1 aliphatic carbocycles. The summed E-state index contributed by atoms with van der Waals surface area (Å²) in [7, 11) is -1.56. The third kappa shape index (κ3) is 10.1. The van der Waals surface area contributed by atoms with Crippen LogP contribution in [0.5, 0.6) is 0 Å². The number of hydrogen-bond donors (Lipinski definition) is 1. The first-order chi connectivity index (χ1) is 12.2. The standard InChI is InChI=1S/C22H45NO2Si/c1-22(2,3)26(4,5)25-19-15-10-8-6-7-9-14-18-21(24)23-20-16-12-11-13-17-20/h20H,6-19H2,1-5H3,(H,23,24). The number of carbonyl (C=O) groups excluding carboxylic acids is 1. The van der Waals surface area contributed by atoms with E-state index < -0.39 is 8.32 Å². The normalized spacial score (nSPS) is 16.7. The average Bonchev–Trinajstić information content (AvgIpc) is 2.56. The molecule has 0 aromatic rings. The van der Waals surface area contributed by atoms with Crippen LogP contribution >= 0.6 is 0 Å². The first-order valence-electron chi connectivity index (χ1n) is 11.2. The number of amides is 1. The maximum Gasteiger partial charge on any atom is 0.220 e. The molecule has 0 radical (unpaired) electrons. The van der Waals surface area contributed by atoms with Gasteiger partial charge in [-0.05, 0) is 43.8 Å². The van der Waals surface area contributed by atoms with E-state index >= 15 is 0 Å². The highest BCUT2D eigenvalue weighted by Gasteiger charge is 2.36. The zero-order valence-electron chi connectivity index (χ0n) is 18.3. The number of nitrogens with one attached hydrogen (secondary N) is 1. The van der Waals surface area contributed by atoms with Gasteiger partial charge in [-0.2, -0.15) is 0 Å². The smallest absolute Gasteiger partial charge is 0.220 e. The lowest BCUT2D eigenvalue weighted by atomic mass is 9.95. The van der Waals surface area contributed by atoms with Gasteiger partial charge in [-0.1, -0.05) is 72.1 Å². The molecule has 0 bridgehead atoms. The van der Waals surface area contributed by atoms with E-state index in [4.69, 9.17) is 4.43 Å². The monoisotopic (exact) mass is 383 g/mol. The van der Waals surface area contributed by atoms with Gasteiger partial charge in [0.25, 0.3) is 0 Å². The SMILES string of the molecule is CC(C)(C)[Si](C)(C)OCCCCCCCCCC(=O)NC1CCCCC1. The van der Waals surface area contributed by atoms with Crippen molar-refractivity contribution < 1.29 is 9.22 Å². The van der Waals surface area contributed by atoms with Crippen LogP contribution in [-0.4, -0.2) is 26.9 Å². The second-order valence-corrected chi connectivity index (χ2v) is 14.5. The molecule has 1 rings (SSSR count). The molecule has 0 aliphatic heterocycles. The summed E-state index contributed by atoms with van der Waals surface area (Å²) in [5.74, 6) is 0.277. The van der Waals surface area contributed by atoms with E-state index in [-0.39, 0.29) is 5.91 Å². The summed E-state index contributed by atoms with van der Waals surface area (Å²) >= 11 is 0. The van der Waals surface area contributed by atoms with E-state index in [9.17, 15) is 4.79 Å². The van der Waals surface area contributed by atoms with Gasteiger partial charge < -0.3 is 9.74 Å². The third-order valence-corrected chi connectivity index (χ3v) is 10.8. The summed E-state index contributed by atoms with van der Waals surface area (Å²) in [6.45, 7) is 12.5. The molecule has 0 aromatic carbocycles. The summed E-state index contributed by atoms with van der Waals surface area (Å²) in [5.41, 5.74) is 0. The van der Waals surface area contributed by atoms with Crippen LogP contribution in [0.3, 0.4) is 0 Å². The lowest BCUT2D eigenvalue weighted by Gasteiger charge is -2.36. The molecule has 26 heavy (non-hydrogen) atoms. The first kappa shape index (κ1) is 23.7. The fourth-order valence-electron chi connectivity index (χ4n) is 3.36. The quantitative estimate of drug-likeness (QED) is 0.305. The predicted molar refractivity (Wildman–Crippen MR) is 115 cm³/mol. The molecule has 0 unspecified atom stereocenters. The minimum atomic E-state index is -1.56. The largest absolute Gasteiger partial charge is 0.417 e. The van der Waals surface area contributed by atoms with Gasteiger partial charge in [-0.3, -0.25) is 4.79 Å². The van der Waals surface area contributed by atoms with Gasteiger partial charge in [-0.25, -0.2) is 0 Å². The summed E-state index contributed by atoms with van der Waals surface area (Å²) < 4.78 is 6.22. The minimum absolute atomic E-state index is 0.277. The molecule has 1 amide bonds. The van der Waals surface area contributed by atoms with Crippen molar-refractivity contribution in [1.82, 2.24) is 5.32 Å². The molecule has 1 N–H and O–H groups in total. The Bertz CT molecular complexity index is 384. The molecule has 0 aromatic heterocycles. The van der Waals surface area contributed by atoms with Crippen molar-refractivity contribution in [3.63, 3.8) is 0 Å². The van der Waals surface area contributed by atoms with Gasteiger partial charge in [0, 0.05) is 19.1 Å². The molecule has 154 valence electrons. The Morgan fingerprint density at radius 3 is 2.04 bits per heavy atom. The first-order valence-corrected chi connectivity index (χ1v) is 14.1. The maximum atomic E-state index is 11.9. The highest BCUT2D eigenvalue weighted by molar-refractivity contribution is 6.74. The number of hydrogen-bond acceptors (Lipinski definition) is 2. The summed E-state index contributed by atoms with van der Waals surface area (Å²) in [6.07, 6.45) is 15.6. The van der Waals surface area contributed by atoms with Crippen LogP contribution in [0.1, 0.15) is 104 Å². The van der Waals surface area contributed by atoms with Crippen LogP contribution < -0.4 is 5.32 Å². The molecule has 0 spiro atoms. The number of unbranched alkanes of at least 4 members (excludes halogenated alkanes) is 6. The van der Waals surface area contributed by atoms with Crippen LogP contribution in [0, 0.1) is 0 Å². The zero-order chi connectivity index (χ0) is 19.5. The topological polar surface area (TPSA) is 38.3 Å². The van der Waals surface area contributed by atoms with E-state index in [0.29, 0.717) is 11.1 Å². The van der Waals surface area contributed by atoms with Crippen molar-refractivity contribution in [2.24, 2.45) is 0 Å². The molecule has 0 atom stereocenters. The molecule has 1 saturated carbocycles. The van der Waals surface area contributed by atoms with E-state index in [1.54, 1.807) is 0 Å². The second kappa shape index (κ2) is 12.2. The summed E-state index contributed by atoms with van der Waals surface area (Å²) in [6, 6.07) is 0.463. The Labute approximate surface area is 164 Å². The molecule has 4 heteroatoms. The van der Waals surface area contributed by atoms with Crippen LogP contribution in [0.15, 0.2) is 0 Å². The van der Waals surface area contributed by atoms with Gasteiger partial charge in [-0.15, -0.1) is 0 Å². The lowest BCUT2D eigenvalue weighted by molar-refractivity contribution is -0.122. The van der Waals surface area contributed by atoms with Crippen molar-refractivity contribution in [2.75, 3.05) is 6.61 Å². The van der Waals surface area contributed by atoms with E-state index in [0.717, 1.165) is 19.4 Å². The Morgan fingerprint density at radius 1 is 0.923 bits per heavy atom. The molecule has 1 aliphatic rings. The molecule has 1 fully saturated rings. The molecule has 3 nitrogen and oxygen atoms in total.